The Labute approximate surface area is 183 Å². The number of nitrogens with one attached hydrogen (secondary N) is 2. The number of rotatable bonds is 9. The molecule has 0 saturated carbocycles. The minimum absolute atomic E-state index is 0.0255. The fourth-order valence-electron chi connectivity index (χ4n) is 3.21. The highest BCUT2D eigenvalue weighted by Crippen LogP contribution is 2.20. The van der Waals surface area contributed by atoms with E-state index >= 15 is 0 Å². The maximum atomic E-state index is 13.9. The lowest BCUT2D eigenvalue weighted by molar-refractivity contribution is -0.127. The van der Waals surface area contributed by atoms with Crippen LogP contribution >= 0.6 is 11.8 Å². The Balaban J connectivity index is 1.85. The van der Waals surface area contributed by atoms with Crippen LogP contribution in [0.4, 0.5) is 4.39 Å². The molecule has 1 saturated heterocycles. The number of hydrogen-bond donors (Lipinski definition) is 2. The van der Waals surface area contributed by atoms with Crippen molar-refractivity contribution >= 4 is 23.6 Å². The van der Waals surface area contributed by atoms with Gasteiger partial charge in [-0.25, -0.2) is 9.38 Å². The molecule has 1 aromatic carbocycles. The number of amides is 1. The molecule has 0 atom stereocenters. The summed E-state index contributed by atoms with van der Waals surface area (Å²) in [5.74, 6) is 1.59. The zero-order valence-corrected chi connectivity index (χ0v) is 19.2. The number of ether oxygens (including phenoxy) is 1. The molecule has 30 heavy (non-hydrogen) atoms. The van der Waals surface area contributed by atoms with Crippen LogP contribution in [0.1, 0.15) is 18.4 Å². The van der Waals surface area contributed by atoms with E-state index in [1.165, 1.54) is 7.11 Å². The van der Waals surface area contributed by atoms with E-state index in [4.69, 9.17) is 4.74 Å². The van der Waals surface area contributed by atoms with E-state index in [-0.39, 0.29) is 24.0 Å². The van der Waals surface area contributed by atoms with Crippen LogP contribution in [0.25, 0.3) is 0 Å². The molecule has 9 heteroatoms. The number of aliphatic imine (C=N–C) groups is 1. The number of carbonyl (C=O) groups is 1. The second-order valence-electron chi connectivity index (χ2n) is 7.54. The summed E-state index contributed by atoms with van der Waals surface area (Å²) in [5.41, 5.74) is 0.947. The van der Waals surface area contributed by atoms with Gasteiger partial charge in [0, 0.05) is 52.1 Å². The van der Waals surface area contributed by atoms with Crippen molar-refractivity contribution in [2.75, 3.05) is 59.4 Å². The molecule has 7 nitrogen and oxygen atoms in total. The number of benzene rings is 1. The van der Waals surface area contributed by atoms with Crippen LogP contribution in [-0.2, 0) is 11.3 Å². The second-order valence-corrected chi connectivity index (χ2v) is 8.52. The first-order valence-electron chi connectivity index (χ1n) is 10.2. The van der Waals surface area contributed by atoms with Crippen molar-refractivity contribution in [1.82, 2.24) is 20.4 Å². The topological polar surface area (TPSA) is 69.2 Å². The summed E-state index contributed by atoms with van der Waals surface area (Å²) in [6.07, 6.45) is 3.99. The quantitative estimate of drug-likeness (QED) is 0.347. The van der Waals surface area contributed by atoms with Crippen LogP contribution in [-0.4, -0.2) is 87.1 Å². The van der Waals surface area contributed by atoms with E-state index in [0.717, 1.165) is 50.3 Å². The van der Waals surface area contributed by atoms with Crippen molar-refractivity contribution in [3.05, 3.63) is 29.6 Å². The molecule has 0 bridgehead atoms. The summed E-state index contributed by atoms with van der Waals surface area (Å²) in [6, 6.07) is 5.43. The summed E-state index contributed by atoms with van der Waals surface area (Å²) in [7, 11) is 4.94. The van der Waals surface area contributed by atoms with E-state index in [9.17, 15) is 9.18 Å². The van der Waals surface area contributed by atoms with Gasteiger partial charge >= 0.3 is 0 Å². The van der Waals surface area contributed by atoms with Crippen LogP contribution in [0.2, 0.25) is 0 Å². The predicted octanol–water partition coefficient (Wildman–Crippen LogP) is 1.79. The zero-order valence-electron chi connectivity index (χ0n) is 18.4. The first-order chi connectivity index (χ1) is 14.4. The largest absolute Gasteiger partial charge is 0.494 e. The Morgan fingerprint density at radius 2 is 2.10 bits per heavy atom. The lowest BCUT2D eigenvalue weighted by Gasteiger charge is -2.33. The molecule has 0 aromatic heterocycles. The van der Waals surface area contributed by atoms with Gasteiger partial charge < -0.3 is 20.3 Å². The Hall–Kier alpha value is -2.00. The summed E-state index contributed by atoms with van der Waals surface area (Å²) < 4.78 is 18.9. The van der Waals surface area contributed by atoms with E-state index in [1.54, 1.807) is 42.9 Å². The predicted molar refractivity (Wildman–Crippen MR) is 122 cm³/mol. The second kappa shape index (κ2) is 12.6. The Kier molecular flexibility index (Phi) is 10.2. The van der Waals surface area contributed by atoms with Gasteiger partial charge in [0.25, 0.3) is 0 Å². The molecule has 168 valence electrons. The van der Waals surface area contributed by atoms with Crippen LogP contribution in [0, 0.1) is 5.82 Å². The molecule has 0 radical (unpaired) electrons. The normalized spacial score (nSPS) is 15.7. The van der Waals surface area contributed by atoms with Crippen molar-refractivity contribution < 1.29 is 13.9 Å². The number of likely N-dealkylation sites (tertiary alicyclic amines) is 1. The number of methoxy groups -OCH3 is 1. The van der Waals surface area contributed by atoms with E-state index < -0.39 is 0 Å². The average Bonchev–Trinajstić information content (AvgIpc) is 2.73. The van der Waals surface area contributed by atoms with Crippen LogP contribution in [0.15, 0.2) is 23.2 Å². The first kappa shape index (κ1) is 24.3. The van der Waals surface area contributed by atoms with Crippen molar-refractivity contribution in [2.45, 2.75) is 25.4 Å². The standard InChI is InChI=1S/C21H34FN5O2S/c1-26(2)20(28)14-24-21(23-9-12-30-4)25-17-7-10-27(11-8-17)15-16-5-6-19(29-3)18(22)13-16/h5-6,13,17H,7-12,14-15H2,1-4H3,(H2,23,24,25). The molecule has 1 heterocycles. The van der Waals surface area contributed by atoms with Crippen molar-refractivity contribution in [2.24, 2.45) is 4.99 Å². The van der Waals surface area contributed by atoms with Crippen molar-refractivity contribution in [1.29, 1.82) is 0 Å². The number of carbonyl (C=O) groups excluding carboxylic acids is 1. The molecule has 1 aliphatic rings. The molecule has 0 spiro atoms. The number of halogens is 1. The summed E-state index contributed by atoms with van der Waals surface area (Å²) in [5, 5.41) is 6.78. The molecule has 1 aromatic rings. The van der Waals surface area contributed by atoms with Gasteiger partial charge in [-0.05, 0) is 36.8 Å². The van der Waals surface area contributed by atoms with Gasteiger partial charge in [-0.3, -0.25) is 9.69 Å². The molecule has 1 aliphatic heterocycles. The highest BCUT2D eigenvalue weighted by Gasteiger charge is 2.20. The van der Waals surface area contributed by atoms with E-state index in [2.05, 4.69) is 26.8 Å². The number of piperidine rings is 1. The highest BCUT2D eigenvalue weighted by molar-refractivity contribution is 7.98. The molecular weight excluding hydrogens is 405 g/mol. The third kappa shape index (κ3) is 8.02. The van der Waals surface area contributed by atoms with Crippen molar-refractivity contribution in [3.63, 3.8) is 0 Å². The third-order valence-corrected chi connectivity index (χ3v) is 5.63. The lowest BCUT2D eigenvalue weighted by Crippen LogP contribution is -2.49. The lowest BCUT2D eigenvalue weighted by atomic mass is 10.0. The molecular formula is C21H34FN5O2S. The highest BCUT2D eigenvalue weighted by atomic mass is 32.2. The molecule has 2 rings (SSSR count). The van der Waals surface area contributed by atoms with Gasteiger partial charge in [0.1, 0.15) is 6.54 Å². The molecule has 1 amide bonds. The Morgan fingerprint density at radius 1 is 1.37 bits per heavy atom. The number of guanidine groups is 1. The molecule has 0 aliphatic carbocycles. The van der Waals surface area contributed by atoms with Gasteiger partial charge in [0.15, 0.2) is 17.5 Å². The fraction of sp³-hybridized carbons (Fsp3) is 0.619. The fourth-order valence-corrected chi connectivity index (χ4v) is 3.51. The number of likely N-dealkylation sites (N-methyl/N-ethyl adjacent to an activating group) is 1. The first-order valence-corrected chi connectivity index (χ1v) is 11.6. The summed E-state index contributed by atoms with van der Waals surface area (Å²) >= 11 is 1.76. The number of nitrogens with zero attached hydrogens (tertiary/aromatic N) is 3. The summed E-state index contributed by atoms with van der Waals surface area (Å²) in [4.78, 5) is 20.2. The van der Waals surface area contributed by atoms with E-state index in [0.29, 0.717) is 12.0 Å². The van der Waals surface area contributed by atoms with Crippen LogP contribution in [0.3, 0.4) is 0 Å². The maximum Gasteiger partial charge on any atom is 0.243 e. The average molecular weight is 440 g/mol. The van der Waals surface area contributed by atoms with Gasteiger partial charge in [0.2, 0.25) is 5.91 Å². The van der Waals surface area contributed by atoms with Crippen LogP contribution < -0.4 is 15.4 Å². The number of thioether (sulfide) groups is 1. The van der Waals surface area contributed by atoms with Gasteiger partial charge in [-0.15, -0.1) is 0 Å². The van der Waals surface area contributed by atoms with Gasteiger partial charge in [0.05, 0.1) is 7.11 Å². The number of hydrogen-bond acceptors (Lipinski definition) is 5. The SMILES string of the molecule is COc1ccc(CN2CCC(NC(=NCC(=O)N(C)C)NCCSC)CC2)cc1F. The monoisotopic (exact) mass is 439 g/mol. The smallest absolute Gasteiger partial charge is 0.243 e. The van der Waals surface area contributed by atoms with Crippen molar-refractivity contribution in [3.8, 4) is 5.75 Å². The minimum atomic E-state index is -0.323. The maximum absolute atomic E-state index is 13.9. The molecule has 0 unspecified atom stereocenters. The van der Waals surface area contributed by atoms with Gasteiger partial charge in [-0.2, -0.15) is 11.8 Å². The summed E-state index contributed by atoms with van der Waals surface area (Å²) in [6.45, 7) is 3.48. The van der Waals surface area contributed by atoms with E-state index in [1.807, 2.05) is 6.07 Å². The van der Waals surface area contributed by atoms with Gasteiger partial charge in [-0.1, -0.05) is 6.07 Å². The third-order valence-electron chi connectivity index (χ3n) is 5.02. The zero-order chi connectivity index (χ0) is 21.9. The van der Waals surface area contributed by atoms with Crippen LogP contribution in [0.5, 0.6) is 5.75 Å². The minimum Gasteiger partial charge on any atom is -0.494 e. The Morgan fingerprint density at radius 3 is 2.70 bits per heavy atom. The molecule has 1 fully saturated rings. The Bertz CT molecular complexity index is 709. The molecule has 2 N–H and O–H groups in total.